The molecule has 35 heavy (non-hydrogen) atoms. The molecule has 0 fully saturated rings. The number of aliphatic carboxylic acids is 1. The van der Waals surface area contributed by atoms with Crippen LogP contribution in [0.5, 0.6) is 0 Å². The van der Waals surface area contributed by atoms with Gasteiger partial charge in [-0.3, -0.25) is 14.4 Å². The Labute approximate surface area is 206 Å². The Hall–Kier alpha value is -2.99. The third-order valence-corrected chi connectivity index (χ3v) is 5.53. The molecule has 0 saturated carbocycles. The fourth-order valence-corrected chi connectivity index (χ4v) is 3.40. The van der Waals surface area contributed by atoms with Crippen LogP contribution >= 0.6 is 0 Å². The number of aromatic nitrogens is 2. The maximum atomic E-state index is 13.2. The number of hydrogen-bond acceptors (Lipinski definition) is 7. The van der Waals surface area contributed by atoms with E-state index in [2.05, 4.69) is 25.9 Å². The van der Waals surface area contributed by atoms with Gasteiger partial charge in [-0.05, 0) is 44.1 Å². The van der Waals surface area contributed by atoms with Gasteiger partial charge in [0, 0.05) is 18.3 Å². The highest BCUT2D eigenvalue weighted by Crippen LogP contribution is 2.09. The summed E-state index contributed by atoms with van der Waals surface area (Å²) in [4.78, 5) is 57.2. The van der Waals surface area contributed by atoms with Crippen LogP contribution in [0.2, 0.25) is 0 Å². The summed E-state index contributed by atoms with van der Waals surface area (Å²) in [6.07, 6.45) is 4.79. The van der Waals surface area contributed by atoms with Crippen molar-refractivity contribution < 1.29 is 24.3 Å². The molecule has 1 aromatic rings. The summed E-state index contributed by atoms with van der Waals surface area (Å²) < 4.78 is 0. The summed E-state index contributed by atoms with van der Waals surface area (Å²) >= 11 is 0. The minimum atomic E-state index is -1.16. The normalized spacial score (nSPS) is 14.7. The number of imidazole rings is 1. The third-order valence-electron chi connectivity index (χ3n) is 5.53. The first-order valence-electron chi connectivity index (χ1n) is 12.0. The second-order valence-corrected chi connectivity index (χ2v) is 9.49. The van der Waals surface area contributed by atoms with E-state index >= 15 is 0 Å². The largest absolute Gasteiger partial charge is 0.480 e. The zero-order valence-corrected chi connectivity index (χ0v) is 21.0. The monoisotopic (exact) mass is 495 g/mol. The van der Waals surface area contributed by atoms with Gasteiger partial charge in [0.15, 0.2) is 0 Å². The van der Waals surface area contributed by atoms with Crippen molar-refractivity contribution in [3.05, 3.63) is 18.2 Å². The van der Waals surface area contributed by atoms with Gasteiger partial charge in [-0.25, -0.2) is 9.78 Å². The molecule has 0 aromatic carbocycles. The topological polar surface area (TPSA) is 205 Å². The van der Waals surface area contributed by atoms with Gasteiger partial charge in [0.25, 0.3) is 0 Å². The van der Waals surface area contributed by atoms with Crippen LogP contribution in [0.1, 0.15) is 59.1 Å². The van der Waals surface area contributed by atoms with E-state index in [1.54, 1.807) is 13.8 Å². The molecule has 3 amide bonds. The fraction of sp³-hybridized carbons (Fsp3) is 0.696. The van der Waals surface area contributed by atoms with Crippen molar-refractivity contribution >= 4 is 23.7 Å². The fourth-order valence-electron chi connectivity index (χ4n) is 3.40. The number of amides is 3. The zero-order valence-electron chi connectivity index (χ0n) is 21.0. The molecule has 4 atom stereocenters. The van der Waals surface area contributed by atoms with E-state index in [1.807, 2.05) is 13.8 Å². The third kappa shape index (κ3) is 10.9. The average Bonchev–Trinajstić information content (AvgIpc) is 3.29. The molecular formula is C23H41N7O5. The lowest BCUT2D eigenvalue weighted by Crippen LogP contribution is -2.58. The first kappa shape index (κ1) is 30.0. The van der Waals surface area contributed by atoms with Crippen molar-refractivity contribution in [2.45, 2.75) is 84.0 Å². The Morgan fingerprint density at radius 2 is 1.57 bits per heavy atom. The Morgan fingerprint density at radius 1 is 0.971 bits per heavy atom. The average molecular weight is 496 g/mol. The predicted octanol–water partition coefficient (Wildman–Crippen LogP) is -0.350. The molecule has 0 saturated heterocycles. The van der Waals surface area contributed by atoms with Crippen molar-refractivity contribution in [2.24, 2.45) is 23.3 Å². The Bertz CT molecular complexity index is 813. The number of carboxylic acid groups (broad SMARTS) is 1. The number of carbonyl (C=O) groups is 4. The molecule has 12 heteroatoms. The van der Waals surface area contributed by atoms with Crippen molar-refractivity contribution in [2.75, 3.05) is 6.54 Å². The van der Waals surface area contributed by atoms with Crippen LogP contribution in [0.4, 0.5) is 0 Å². The molecule has 0 radical (unpaired) electrons. The van der Waals surface area contributed by atoms with Gasteiger partial charge in [0.2, 0.25) is 17.7 Å². The van der Waals surface area contributed by atoms with Gasteiger partial charge >= 0.3 is 5.97 Å². The summed E-state index contributed by atoms with van der Waals surface area (Å²) in [6, 6.07) is -3.92. The number of carbonyl (C=O) groups excluding carboxylic acids is 3. The predicted molar refractivity (Wildman–Crippen MR) is 131 cm³/mol. The maximum absolute atomic E-state index is 13.2. The lowest BCUT2D eigenvalue weighted by atomic mass is 10.0. The van der Waals surface area contributed by atoms with Gasteiger partial charge in [0.1, 0.15) is 18.1 Å². The van der Waals surface area contributed by atoms with Crippen molar-refractivity contribution in [3.63, 3.8) is 0 Å². The van der Waals surface area contributed by atoms with E-state index in [9.17, 15) is 24.3 Å². The van der Waals surface area contributed by atoms with Crippen LogP contribution in [-0.4, -0.2) is 69.5 Å². The summed E-state index contributed by atoms with van der Waals surface area (Å²) in [5, 5.41) is 17.4. The Balaban J connectivity index is 3.06. The molecular weight excluding hydrogens is 454 g/mol. The van der Waals surface area contributed by atoms with Crippen molar-refractivity contribution in [1.82, 2.24) is 25.9 Å². The van der Waals surface area contributed by atoms with Gasteiger partial charge in [-0.2, -0.15) is 0 Å². The molecule has 0 aliphatic carbocycles. The smallest absolute Gasteiger partial charge is 0.326 e. The SMILES string of the molecule is CC(C)CC(NC(=O)C(Cc1cnc[nH]1)NC(=O)C(CCCCN)NC(=O)C(N)C(C)C)C(=O)O. The van der Waals surface area contributed by atoms with Gasteiger partial charge in [0.05, 0.1) is 12.4 Å². The van der Waals surface area contributed by atoms with Crippen LogP contribution in [0.3, 0.4) is 0 Å². The van der Waals surface area contributed by atoms with Crippen LogP contribution in [-0.2, 0) is 25.6 Å². The molecule has 0 aliphatic heterocycles. The highest BCUT2D eigenvalue weighted by Gasteiger charge is 2.31. The number of H-pyrrole nitrogens is 1. The lowest BCUT2D eigenvalue weighted by Gasteiger charge is -2.26. The van der Waals surface area contributed by atoms with E-state index in [0.717, 1.165) is 0 Å². The number of carboxylic acids is 1. The molecule has 1 heterocycles. The molecule has 198 valence electrons. The van der Waals surface area contributed by atoms with Gasteiger partial charge < -0.3 is 37.5 Å². The molecule has 4 unspecified atom stereocenters. The van der Waals surface area contributed by atoms with E-state index in [4.69, 9.17) is 11.5 Å². The molecule has 9 N–H and O–H groups in total. The number of nitrogens with zero attached hydrogens (tertiary/aromatic N) is 1. The molecule has 0 bridgehead atoms. The van der Waals surface area contributed by atoms with E-state index in [0.29, 0.717) is 31.5 Å². The van der Waals surface area contributed by atoms with E-state index in [-0.39, 0.29) is 24.7 Å². The quantitative estimate of drug-likeness (QED) is 0.150. The Morgan fingerprint density at radius 3 is 2.09 bits per heavy atom. The zero-order chi connectivity index (χ0) is 26.5. The van der Waals surface area contributed by atoms with Gasteiger partial charge in [-0.15, -0.1) is 0 Å². The standard InChI is InChI=1S/C23H41N7O5/c1-13(2)9-18(23(34)35)30-21(32)17(10-15-11-26-12-27-15)29-20(31)16(7-5-6-8-24)28-22(33)19(25)14(3)4/h11-14,16-19H,5-10,24-25H2,1-4H3,(H,26,27)(H,28,33)(H,29,31)(H,30,32)(H,34,35). The van der Waals surface area contributed by atoms with Crippen LogP contribution in [0.15, 0.2) is 12.5 Å². The number of aromatic amines is 1. The Kier molecular flexibility index (Phi) is 13.0. The second-order valence-electron chi connectivity index (χ2n) is 9.49. The minimum Gasteiger partial charge on any atom is -0.480 e. The van der Waals surface area contributed by atoms with Crippen LogP contribution in [0, 0.1) is 11.8 Å². The highest BCUT2D eigenvalue weighted by molar-refractivity contribution is 5.94. The summed E-state index contributed by atoms with van der Waals surface area (Å²) in [5.74, 6) is -2.94. The first-order chi connectivity index (χ1) is 16.5. The minimum absolute atomic E-state index is 0.0318. The number of hydrogen-bond donors (Lipinski definition) is 7. The lowest BCUT2D eigenvalue weighted by molar-refractivity contribution is -0.142. The highest BCUT2D eigenvalue weighted by atomic mass is 16.4. The molecule has 1 rings (SSSR count). The summed E-state index contributed by atoms with van der Waals surface area (Å²) in [7, 11) is 0. The van der Waals surface area contributed by atoms with Crippen LogP contribution in [0.25, 0.3) is 0 Å². The van der Waals surface area contributed by atoms with Gasteiger partial charge in [-0.1, -0.05) is 27.7 Å². The van der Waals surface area contributed by atoms with Crippen molar-refractivity contribution in [3.8, 4) is 0 Å². The number of unbranched alkanes of at least 4 members (excludes halogenated alkanes) is 1. The second kappa shape index (κ2) is 15.1. The maximum Gasteiger partial charge on any atom is 0.326 e. The number of nitrogens with one attached hydrogen (secondary N) is 4. The van der Waals surface area contributed by atoms with E-state index < -0.39 is 47.9 Å². The summed E-state index contributed by atoms with van der Waals surface area (Å²) in [5.41, 5.74) is 12.1. The summed E-state index contributed by atoms with van der Waals surface area (Å²) in [6.45, 7) is 7.74. The first-order valence-corrected chi connectivity index (χ1v) is 12.0. The molecule has 12 nitrogen and oxygen atoms in total. The molecule has 0 aliphatic rings. The number of nitrogens with two attached hydrogens (primary N) is 2. The molecule has 1 aromatic heterocycles. The van der Waals surface area contributed by atoms with E-state index in [1.165, 1.54) is 12.5 Å². The van der Waals surface area contributed by atoms with Crippen molar-refractivity contribution in [1.29, 1.82) is 0 Å². The number of rotatable bonds is 16. The van der Waals surface area contributed by atoms with Crippen LogP contribution < -0.4 is 27.4 Å². The molecule has 0 spiro atoms.